The van der Waals surface area contributed by atoms with Crippen molar-refractivity contribution in [3.63, 3.8) is 0 Å². The average molecular weight is 403 g/mol. The van der Waals surface area contributed by atoms with Crippen LogP contribution in [-0.2, 0) is 0 Å². The fourth-order valence-electron chi connectivity index (χ4n) is 3.21. The molecule has 132 valence electrons. The summed E-state index contributed by atoms with van der Waals surface area (Å²) in [4.78, 5) is 0. The number of hydrazine groups is 1. The Morgan fingerprint density at radius 2 is 1.92 bits per heavy atom. The highest BCUT2D eigenvalue weighted by Gasteiger charge is 2.36. The van der Waals surface area contributed by atoms with E-state index in [0.29, 0.717) is 12.4 Å². The van der Waals surface area contributed by atoms with Crippen molar-refractivity contribution in [1.82, 2.24) is 10.9 Å². The molecule has 2 aromatic carbocycles. The van der Waals surface area contributed by atoms with Crippen LogP contribution in [-0.4, -0.2) is 17.8 Å². The predicted molar refractivity (Wildman–Crippen MR) is 104 cm³/mol. The van der Waals surface area contributed by atoms with E-state index in [9.17, 15) is 5.11 Å². The summed E-state index contributed by atoms with van der Waals surface area (Å²) >= 11 is 3.48. The molecule has 2 aromatic rings. The van der Waals surface area contributed by atoms with E-state index in [1.807, 2.05) is 31.2 Å². The molecule has 1 fully saturated rings. The molecular weight excluding hydrogens is 380 g/mol. The van der Waals surface area contributed by atoms with Gasteiger partial charge in [0.1, 0.15) is 18.1 Å². The van der Waals surface area contributed by atoms with Crippen molar-refractivity contribution < 1.29 is 9.84 Å². The van der Waals surface area contributed by atoms with Crippen molar-refractivity contribution in [1.29, 1.82) is 0 Å². The molecule has 3 N–H and O–H groups in total. The number of rotatable bonds is 5. The van der Waals surface area contributed by atoms with Crippen LogP contribution in [0.3, 0.4) is 0 Å². The third-order valence-corrected chi connectivity index (χ3v) is 4.97. The highest BCUT2D eigenvalue weighted by molar-refractivity contribution is 9.10. The Morgan fingerprint density at radius 3 is 2.56 bits per heavy atom. The molecule has 1 heterocycles. The van der Waals surface area contributed by atoms with Crippen molar-refractivity contribution in [2.45, 2.75) is 31.8 Å². The summed E-state index contributed by atoms with van der Waals surface area (Å²) < 4.78 is 6.67. The molecule has 0 radical (unpaired) electrons. The molecule has 3 unspecified atom stereocenters. The van der Waals surface area contributed by atoms with Crippen LogP contribution < -0.4 is 15.6 Å². The topological polar surface area (TPSA) is 53.5 Å². The number of phenols is 1. The van der Waals surface area contributed by atoms with Gasteiger partial charge in [-0.2, -0.15) is 0 Å². The molecule has 5 heteroatoms. The molecule has 0 amide bonds. The number of ether oxygens (including phenoxy) is 1. The molecule has 3 atom stereocenters. The maximum Gasteiger partial charge on any atom is 0.124 e. The fraction of sp³-hybridized carbons (Fsp3) is 0.300. The molecule has 1 aliphatic rings. The Hall–Kier alpha value is -1.82. The summed E-state index contributed by atoms with van der Waals surface area (Å²) in [6.07, 6.45) is 0. The second-order valence-corrected chi connectivity index (χ2v) is 7.51. The van der Waals surface area contributed by atoms with Gasteiger partial charge in [0.15, 0.2) is 0 Å². The number of phenolic OH excluding ortho intramolecular Hbond substituents is 1. The summed E-state index contributed by atoms with van der Waals surface area (Å²) in [5.74, 6) is 1.08. The number of benzene rings is 2. The van der Waals surface area contributed by atoms with Gasteiger partial charge in [0.05, 0.1) is 6.04 Å². The summed E-state index contributed by atoms with van der Waals surface area (Å²) in [5, 5.41) is 10.5. The monoisotopic (exact) mass is 402 g/mol. The van der Waals surface area contributed by atoms with Gasteiger partial charge < -0.3 is 9.84 Å². The van der Waals surface area contributed by atoms with Gasteiger partial charge in [-0.15, -0.1) is 0 Å². The lowest BCUT2D eigenvalue weighted by Crippen LogP contribution is -2.29. The molecular formula is C20H23BrN2O2. The van der Waals surface area contributed by atoms with E-state index in [1.54, 1.807) is 6.07 Å². The molecule has 0 aromatic heterocycles. The average Bonchev–Trinajstić information content (AvgIpc) is 2.95. The zero-order valence-electron chi connectivity index (χ0n) is 14.4. The quantitative estimate of drug-likeness (QED) is 0.647. The van der Waals surface area contributed by atoms with Gasteiger partial charge in [0.25, 0.3) is 0 Å². The predicted octanol–water partition coefficient (Wildman–Crippen LogP) is 4.43. The SMILES string of the molecule is C=C(C)COc1ccc(C2NNC(C)C2c2ccc(Br)cc2)c(O)c1. The van der Waals surface area contributed by atoms with Crippen molar-refractivity contribution in [2.75, 3.05) is 6.61 Å². The number of nitrogens with one attached hydrogen (secondary N) is 2. The Balaban J connectivity index is 1.86. The maximum atomic E-state index is 10.5. The van der Waals surface area contributed by atoms with Gasteiger partial charge in [-0.05, 0) is 43.2 Å². The summed E-state index contributed by atoms with van der Waals surface area (Å²) in [7, 11) is 0. The number of hydrogen-bond acceptors (Lipinski definition) is 4. The zero-order valence-corrected chi connectivity index (χ0v) is 16.0. The van der Waals surface area contributed by atoms with Crippen LogP contribution in [0.15, 0.2) is 59.1 Å². The Kier molecular flexibility index (Phi) is 5.47. The van der Waals surface area contributed by atoms with Gasteiger partial charge in [0.2, 0.25) is 0 Å². The van der Waals surface area contributed by atoms with E-state index in [2.05, 4.69) is 52.4 Å². The van der Waals surface area contributed by atoms with E-state index >= 15 is 0 Å². The second-order valence-electron chi connectivity index (χ2n) is 6.60. The maximum absolute atomic E-state index is 10.5. The molecule has 0 aliphatic carbocycles. The minimum absolute atomic E-state index is 0.0219. The third kappa shape index (κ3) is 4.06. The minimum atomic E-state index is -0.0219. The van der Waals surface area contributed by atoms with Gasteiger partial charge in [0, 0.05) is 28.1 Å². The molecule has 3 rings (SSSR count). The lowest BCUT2D eigenvalue weighted by Gasteiger charge is -2.23. The van der Waals surface area contributed by atoms with E-state index in [4.69, 9.17) is 4.74 Å². The number of halogens is 1. The largest absolute Gasteiger partial charge is 0.507 e. The third-order valence-electron chi connectivity index (χ3n) is 4.44. The zero-order chi connectivity index (χ0) is 18.0. The van der Waals surface area contributed by atoms with Gasteiger partial charge >= 0.3 is 0 Å². The first kappa shape index (κ1) is 18.0. The first-order valence-electron chi connectivity index (χ1n) is 8.32. The Labute approximate surface area is 157 Å². The summed E-state index contributed by atoms with van der Waals surface area (Å²) in [5.41, 5.74) is 9.63. The Bertz CT molecular complexity index is 761. The minimum Gasteiger partial charge on any atom is -0.507 e. The van der Waals surface area contributed by atoms with Gasteiger partial charge in [-0.1, -0.05) is 40.7 Å². The smallest absolute Gasteiger partial charge is 0.124 e. The van der Waals surface area contributed by atoms with Crippen LogP contribution in [0.25, 0.3) is 0 Å². The Morgan fingerprint density at radius 1 is 1.20 bits per heavy atom. The molecule has 4 nitrogen and oxygen atoms in total. The van der Waals surface area contributed by atoms with Crippen LogP contribution >= 0.6 is 15.9 Å². The lowest BCUT2D eigenvalue weighted by molar-refractivity contribution is 0.348. The normalized spacial score (nSPS) is 22.8. The van der Waals surface area contributed by atoms with E-state index in [1.165, 1.54) is 5.56 Å². The number of hydrogen-bond donors (Lipinski definition) is 3. The molecule has 1 aliphatic heterocycles. The standard InChI is InChI=1S/C20H23BrN2O2/c1-12(2)11-25-16-8-9-17(18(24)10-16)20-19(13(3)22-23-20)14-4-6-15(21)7-5-14/h4-10,13,19-20,22-24H,1,11H2,2-3H3. The van der Waals surface area contributed by atoms with E-state index in [0.717, 1.165) is 15.6 Å². The van der Waals surface area contributed by atoms with Crippen LogP contribution in [0.4, 0.5) is 0 Å². The highest BCUT2D eigenvalue weighted by Crippen LogP contribution is 2.41. The highest BCUT2D eigenvalue weighted by atomic mass is 79.9. The summed E-state index contributed by atoms with van der Waals surface area (Å²) in [6, 6.07) is 14.0. The fourth-order valence-corrected chi connectivity index (χ4v) is 3.47. The van der Waals surface area contributed by atoms with Gasteiger partial charge in [-0.3, -0.25) is 5.43 Å². The van der Waals surface area contributed by atoms with Gasteiger partial charge in [-0.25, -0.2) is 5.43 Å². The first-order chi connectivity index (χ1) is 12.0. The summed E-state index contributed by atoms with van der Waals surface area (Å²) in [6.45, 7) is 8.32. The van der Waals surface area contributed by atoms with E-state index < -0.39 is 0 Å². The molecule has 0 bridgehead atoms. The van der Waals surface area contributed by atoms with Crippen LogP contribution in [0.5, 0.6) is 11.5 Å². The van der Waals surface area contributed by atoms with Crippen LogP contribution in [0, 0.1) is 0 Å². The van der Waals surface area contributed by atoms with Crippen molar-refractivity contribution in [3.05, 3.63) is 70.2 Å². The first-order valence-corrected chi connectivity index (χ1v) is 9.11. The lowest BCUT2D eigenvalue weighted by atomic mass is 9.84. The van der Waals surface area contributed by atoms with E-state index in [-0.39, 0.29) is 23.8 Å². The number of aromatic hydroxyl groups is 1. The van der Waals surface area contributed by atoms with Crippen molar-refractivity contribution in [2.24, 2.45) is 0 Å². The van der Waals surface area contributed by atoms with Crippen molar-refractivity contribution in [3.8, 4) is 11.5 Å². The second kappa shape index (κ2) is 7.60. The van der Waals surface area contributed by atoms with Crippen LogP contribution in [0.2, 0.25) is 0 Å². The van der Waals surface area contributed by atoms with Crippen molar-refractivity contribution >= 4 is 15.9 Å². The molecule has 0 saturated carbocycles. The molecule has 1 saturated heterocycles. The molecule has 0 spiro atoms. The molecule has 25 heavy (non-hydrogen) atoms. The van der Waals surface area contributed by atoms with Crippen LogP contribution in [0.1, 0.15) is 36.9 Å².